The highest BCUT2D eigenvalue weighted by Gasteiger charge is 2.36. The van der Waals surface area contributed by atoms with Gasteiger partial charge in [0.15, 0.2) is 0 Å². The highest BCUT2D eigenvalue weighted by atomic mass is 16.6. The van der Waals surface area contributed by atoms with Gasteiger partial charge in [-0.25, -0.2) is 0 Å². The molecule has 0 aromatic heterocycles. The summed E-state index contributed by atoms with van der Waals surface area (Å²) in [6.07, 6.45) is 1.98. The number of aliphatic hydroxyl groups is 1. The van der Waals surface area contributed by atoms with Crippen LogP contribution in [0.3, 0.4) is 0 Å². The van der Waals surface area contributed by atoms with Gasteiger partial charge in [-0.15, -0.1) is 0 Å². The zero-order chi connectivity index (χ0) is 22.8. The van der Waals surface area contributed by atoms with Gasteiger partial charge in [0, 0.05) is 43.9 Å². The van der Waals surface area contributed by atoms with Crippen molar-refractivity contribution >= 4 is 23.5 Å². The van der Waals surface area contributed by atoms with E-state index in [9.17, 15) is 19.5 Å². The van der Waals surface area contributed by atoms with E-state index in [2.05, 4.69) is 4.90 Å². The number of esters is 1. The Hall–Kier alpha value is -2.61. The average molecular weight is 432 g/mol. The molecule has 1 fully saturated rings. The standard InChI is InChI=1S/C23H33N3O5/c1-23(2,3)31-20(28)7-6-19(21(24)29)26-13-16-4-5-17(12-18(16)22(26)30)25-10-8-15(14-27)9-11-25/h4-5,12,15,19,27H,6-11,13-14H2,1-3H3,(H2,24,29)/t19-/m0/s1. The van der Waals surface area contributed by atoms with Crippen LogP contribution >= 0.6 is 0 Å². The van der Waals surface area contributed by atoms with Crippen LogP contribution in [0, 0.1) is 5.92 Å². The molecule has 3 rings (SSSR count). The minimum atomic E-state index is -0.865. The smallest absolute Gasteiger partial charge is 0.306 e. The minimum Gasteiger partial charge on any atom is -0.460 e. The Balaban J connectivity index is 1.68. The van der Waals surface area contributed by atoms with Gasteiger partial charge in [0.25, 0.3) is 5.91 Å². The first-order valence-electron chi connectivity index (χ1n) is 10.9. The maximum Gasteiger partial charge on any atom is 0.306 e. The fourth-order valence-electron chi connectivity index (χ4n) is 4.23. The number of ether oxygens (including phenoxy) is 1. The van der Waals surface area contributed by atoms with Crippen LogP contribution in [0.4, 0.5) is 5.69 Å². The Labute approximate surface area is 183 Å². The van der Waals surface area contributed by atoms with E-state index in [0.717, 1.165) is 37.2 Å². The largest absolute Gasteiger partial charge is 0.460 e. The van der Waals surface area contributed by atoms with Crippen LogP contribution in [-0.4, -0.2) is 59.1 Å². The molecule has 0 radical (unpaired) electrons. The molecule has 8 heteroatoms. The van der Waals surface area contributed by atoms with E-state index < -0.39 is 23.5 Å². The Morgan fingerprint density at radius 1 is 1.26 bits per heavy atom. The average Bonchev–Trinajstić information content (AvgIpc) is 3.02. The Morgan fingerprint density at radius 2 is 1.94 bits per heavy atom. The van der Waals surface area contributed by atoms with Crippen molar-refractivity contribution in [1.29, 1.82) is 0 Å². The molecule has 170 valence electrons. The SMILES string of the molecule is CC(C)(C)OC(=O)CC[C@@H](C(N)=O)N1Cc2ccc(N3CCC(CO)CC3)cc2C1=O. The summed E-state index contributed by atoms with van der Waals surface area (Å²) < 4.78 is 5.30. The second kappa shape index (κ2) is 9.26. The van der Waals surface area contributed by atoms with Crippen molar-refractivity contribution < 1.29 is 24.2 Å². The first-order chi connectivity index (χ1) is 14.6. The van der Waals surface area contributed by atoms with Crippen LogP contribution in [0.5, 0.6) is 0 Å². The lowest BCUT2D eigenvalue weighted by Crippen LogP contribution is -2.45. The number of fused-ring (bicyclic) bond motifs is 1. The topological polar surface area (TPSA) is 113 Å². The van der Waals surface area contributed by atoms with Crippen LogP contribution in [0.15, 0.2) is 18.2 Å². The van der Waals surface area contributed by atoms with Gasteiger partial charge in [0.1, 0.15) is 11.6 Å². The van der Waals surface area contributed by atoms with E-state index in [1.165, 1.54) is 4.90 Å². The molecule has 2 aliphatic rings. The summed E-state index contributed by atoms with van der Waals surface area (Å²) in [5, 5.41) is 9.33. The van der Waals surface area contributed by atoms with Crippen molar-refractivity contribution in [3.63, 3.8) is 0 Å². The first-order valence-corrected chi connectivity index (χ1v) is 10.9. The van der Waals surface area contributed by atoms with Gasteiger partial charge in [-0.1, -0.05) is 6.07 Å². The zero-order valence-corrected chi connectivity index (χ0v) is 18.6. The van der Waals surface area contributed by atoms with Gasteiger partial charge in [-0.2, -0.15) is 0 Å². The van der Waals surface area contributed by atoms with E-state index in [4.69, 9.17) is 10.5 Å². The lowest BCUT2D eigenvalue weighted by molar-refractivity contribution is -0.155. The van der Waals surface area contributed by atoms with Gasteiger partial charge in [-0.05, 0) is 63.6 Å². The summed E-state index contributed by atoms with van der Waals surface area (Å²) in [6, 6.07) is 4.93. The van der Waals surface area contributed by atoms with Crippen LogP contribution in [0.2, 0.25) is 0 Å². The normalized spacial score (nSPS) is 18.1. The monoisotopic (exact) mass is 431 g/mol. The third kappa shape index (κ3) is 5.55. The van der Waals surface area contributed by atoms with E-state index in [0.29, 0.717) is 18.0 Å². The van der Waals surface area contributed by atoms with Crippen molar-refractivity contribution in [3.8, 4) is 0 Å². The second-order valence-electron chi connectivity index (χ2n) is 9.43. The van der Waals surface area contributed by atoms with E-state index in [1.54, 1.807) is 20.8 Å². The molecular weight excluding hydrogens is 398 g/mol. The van der Waals surface area contributed by atoms with Crippen molar-refractivity contribution in [2.75, 3.05) is 24.6 Å². The maximum absolute atomic E-state index is 13.1. The summed E-state index contributed by atoms with van der Waals surface area (Å²) >= 11 is 0. The molecule has 0 spiro atoms. The number of aliphatic hydroxyl groups excluding tert-OH is 1. The number of hydrogen-bond acceptors (Lipinski definition) is 6. The number of nitrogens with two attached hydrogens (primary N) is 1. The van der Waals surface area contributed by atoms with Gasteiger partial charge < -0.3 is 25.4 Å². The number of piperidine rings is 1. The molecular formula is C23H33N3O5. The summed E-state index contributed by atoms with van der Waals surface area (Å²) in [5.74, 6) is -0.952. The molecule has 0 bridgehead atoms. The molecule has 2 aliphatic heterocycles. The molecule has 8 nitrogen and oxygen atoms in total. The first kappa shape index (κ1) is 23.1. The predicted molar refractivity (Wildman–Crippen MR) is 116 cm³/mol. The van der Waals surface area contributed by atoms with Crippen LogP contribution < -0.4 is 10.6 Å². The minimum absolute atomic E-state index is 0.00997. The molecule has 0 unspecified atom stereocenters. The van der Waals surface area contributed by atoms with Gasteiger partial charge in [-0.3, -0.25) is 14.4 Å². The fourth-order valence-corrected chi connectivity index (χ4v) is 4.23. The van der Waals surface area contributed by atoms with E-state index >= 15 is 0 Å². The van der Waals surface area contributed by atoms with Crippen molar-refractivity contribution in [1.82, 2.24) is 4.90 Å². The number of rotatable bonds is 7. The summed E-state index contributed by atoms with van der Waals surface area (Å²) in [6.45, 7) is 7.51. The molecule has 1 aromatic rings. The lowest BCUT2D eigenvalue weighted by atomic mass is 9.97. The highest BCUT2D eigenvalue weighted by molar-refractivity contribution is 6.01. The summed E-state index contributed by atoms with van der Waals surface area (Å²) in [4.78, 5) is 40.9. The lowest BCUT2D eigenvalue weighted by Gasteiger charge is -2.33. The quantitative estimate of drug-likeness (QED) is 0.637. The Kier molecular flexibility index (Phi) is 6.89. The molecule has 2 amide bonds. The van der Waals surface area contributed by atoms with Crippen molar-refractivity contribution in [2.45, 2.75) is 64.6 Å². The number of nitrogens with zero attached hydrogens (tertiary/aromatic N) is 2. The second-order valence-corrected chi connectivity index (χ2v) is 9.43. The molecule has 3 N–H and O–H groups in total. The van der Waals surface area contributed by atoms with Gasteiger partial charge in [0.05, 0.1) is 0 Å². The van der Waals surface area contributed by atoms with Crippen molar-refractivity contribution in [3.05, 3.63) is 29.3 Å². The Morgan fingerprint density at radius 3 is 2.52 bits per heavy atom. The van der Waals surface area contributed by atoms with Crippen LogP contribution in [0.25, 0.3) is 0 Å². The molecule has 0 saturated carbocycles. The number of primary amides is 1. The molecule has 1 atom stereocenters. The van der Waals surface area contributed by atoms with E-state index in [-0.39, 0.29) is 25.4 Å². The molecule has 2 heterocycles. The molecule has 1 aromatic carbocycles. The maximum atomic E-state index is 13.1. The van der Waals surface area contributed by atoms with Crippen LogP contribution in [0.1, 0.15) is 62.4 Å². The predicted octanol–water partition coefficient (Wildman–Crippen LogP) is 1.83. The van der Waals surface area contributed by atoms with E-state index in [1.807, 2.05) is 18.2 Å². The number of benzene rings is 1. The third-order valence-corrected chi connectivity index (χ3v) is 5.91. The highest BCUT2D eigenvalue weighted by Crippen LogP contribution is 2.31. The zero-order valence-electron chi connectivity index (χ0n) is 18.6. The number of carbonyl (C=O) groups excluding carboxylic acids is 3. The number of anilines is 1. The van der Waals surface area contributed by atoms with Gasteiger partial charge in [0.2, 0.25) is 5.91 Å². The molecule has 0 aliphatic carbocycles. The van der Waals surface area contributed by atoms with Crippen LogP contribution in [-0.2, 0) is 20.9 Å². The van der Waals surface area contributed by atoms with Gasteiger partial charge >= 0.3 is 5.97 Å². The van der Waals surface area contributed by atoms with Crippen molar-refractivity contribution in [2.24, 2.45) is 11.7 Å². The molecule has 1 saturated heterocycles. The summed E-state index contributed by atoms with van der Waals surface area (Å²) in [7, 11) is 0. The summed E-state index contributed by atoms with van der Waals surface area (Å²) in [5.41, 5.74) is 7.37. The fraction of sp³-hybridized carbons (Fsp3) is 0.609. The third-order valence-electron chi connectivity index (χ3n) is 5.91. The number of carbonyl (C=O) groups is 3. The molecule has 31 heavy (non-hydrogen) atoms. The Bertz CT molecular complexity index is 840. The number of amides is 2. The number of hydrogen-bond donors (Lipinski definition) is 2.